The van der Waals surface area contributed by atoms with Gasteiger partial charge in [0.2, 0.25) is 5.43 Å². The van der Waals surface area contributed by atoms with E-state index in [-0.39, 0.29) is 78.4 Å². The van der Waals surface area contributed by atoms with Crippen LogP contribution in [0.15, 0.2) is 97.7 Å². The van der Waals surface area contributed by atoms with Crippen LogP contribution in [0.25, 0.3) is 55.3 Å². The molecule has 0 saturated carbocycles. The normalized spacial score (nSPS) is 11.2. The molecule has 0 spiro atoms. The average molecular weight is 536 g/mol. The number of fused-ring (bicyclic) bond motifs is 2. The molecule has 0 radical (unpaired) electrons. The maximum atomic E-state index is 13.5. The molecule has 0 fully saturated rings. The molecule has 0 bridgehead atoms. The molecule has 0 saturated heterocycles. The SMILES string of the molecule is COc1cc(-c2coc3cc(O)c(-c4cc(-c5coc6cc(O)ccc6c5=O)ccc4O)cc3c2=O)ccc1O. The van der Waals surface area contributed by atoms with Gasteiger partial charge < -0.3 is 34.0 Å². The Morgan fingerprint density at radius 1 is 0.575 bits per heavy atom. The number of methoxy groups -OCH3 is 1. The fraction of sp³-hybridized carbons (Fsp3) is 0.0323. The van der Waals surface area contributed by atoms with Crippen LogP contribution in [0, 0.1) is 0 Å². The third-order valence-electron chi connectivity index (χ3n) is 6.74. The van der Waals surface area contributed by atoms with Crippen molar-refractivity contribution in [2.45, 2.75) is 0 Å². The van der Waals surface area contributed by atoms with Gasteiger partial charge >= 0.3 is 0 Å². The van der Waals surface area contributed by atoms with Crippen LogP contribution in [-0.2, 0) is 0 Å². The van der Waals surface area contributed by atoms with Gasteiger partial charge in [0.1, 0.15) is 40.9 Å². The van der Waals surface area contributed by atoms with E-state index in [1.807, 2.05) is 0 Å². The molecule has 0 amide bonds. The Bertz CT molecular complexity index is 2090. The largest absolute Gasteiger partial charge is 0.508 e. The summed E-state index contributed by atoms with van der Waals surface area (Å²) >= 11 is 0. The van der Waals surface area contributed by atoms with Crippen LogP contribution in [0.2, 0.25) is 0 Å². The van der Waals surface area contributed by atoms with Crippen molar-refractivity contribution < 1.29 is 34.0 Å². The minimum absolute atomic E-state index is 0.0423. The van der Waals surface area contributed by atoms with Crippen molar-refractivity contribution in [2.24, 2.45) is 0 Å². The van der Waals surface area contributed by atoms with E-state index in [9.17, 15) is 30.0 Å². The summed E-state index contributed by atoms with van der Waals surface area (Å²) in [5, 5.41) is 41.5. The Labute approximate surface area is 225 Å². The van der Waals surface area contributed by atoms with Crippen molar-refractivity contribution in [3.63, 3.8) is 0 Å². The van der Waals surface area contributed by atoms with Gasteiger partial charge in [0.15, 0.2) is 16.9 Å². The fourth-order valence-corrected chi connectivity index (χ4v) is 4.66. The first-order valence-corrected chi connectivity index (χ1v) is 12.0. The van der Waals surface area contributed by atoms with Crippen LogP contribution < -0.4 is 15.6 Å². The quantitative estimate of drug-likeness (QED) is 0.221. The van der Waals surface area contributed by atoms with E-state index < -0.39 is 5.43 Å². The Balaban J connectivity index is 1.51. The highest BCUT2D eigenvalue weighted by molar-refractivity contribution is 5.92. The summed E-state index contributed by atoms with van der Waals surface area (Å²) in [4.78, 5) is 26.7. The van der Waals surface area contributed by atoms with Crippen LogP contribution in [0.3, 0.4) is 0 Å². The van der Waals surface area contributed by atoms with Crippen molar-refractivity contribution >= 4 is 21.9 Å². The van der Waals surface area contributed by atoms with Crippen LogP contribution in [0.1, 0.15) is 0 Å². The first-order chi connectivity index (χ1) is 19.2. The summed E-state index contributed by atoms with van der Waals surface area (Å²) in [6, 6.07) is 15.7. The second kappa shape index (κ2) is 9.25. The number of hydrogen-bond acceptors (Lipinski definition) is 9. The van der Waals surface area contributed by atoms with Gasteiger partial charge in [-0.25, -0.2) is 0 Å². The number of benzene rings is 4. The minimum Gasteiger partial charge on any atom is -0.508 e. The molecule has 2 aromatic heterocycles. The van der Waals surface area contributed by atoms with E-state index in [1.54, 1.807) is 6.07 Å². The standard InChI is InChI=1S/C31H20O9/c1-38-29-9-16(3-7-25(29)34)23-14-40-28-12-26(35)20(11-21(28)31(23)37)19-8-15(2-6-24(19)33)22-13-39-27-10-17(32)4-5-18(27)30(22)36/h2-14,32-35H,1H3. The van der Waals surface area contributed by atoms with Gasteiger partial charge in [0.25, 0.3) is 0 Å². The van der Waals surface area contributed by atoms with Crippen LogP contribution in [0.5, 0.6) is 28.7 Å². The number of phenolic OH excluding ortho intramolecular Hbond substituents is 4. The Morgan fingerprint density at radius 2 is 1.18 bits per heavy atom. The zero-order valence-electron chi connectivity index (χ0n) is 20.8. The van der Waals surface area contributed by atoms with E-state index in [4.69, 9.17) is 13.6 Å². The lowest BCUT2D eigenvalue weighted by molar-refractivity contribution is 0.373. The van der Waals surface area contributed by atoms with Crippen LogP contribution >= 0.6 is 0 Å². The molecule has 198 valence electrons. The van der Waals surface area contributed by atoms with Crippen LogP contribution in [-0.4, -0.2) is 27.5 Å². The number of ether oxygens (including phenoxy) is 1. The lowest BCUT2D eigenvalue weighted by Crippen LogP contribution is -2.05. The molecule has 4 aromatic carbocycles. The Kier molecular flexibility index (Phi) is 5.69. The molecule has 4 N–H and O–H groups in total. The van der Waals surface area contributed by atoms with Gasteiger partial charge in [-0.3, -0.25) is 9.59 Å². The zero-order valence-corrected chi connectivity index (χ0v) is 20.8. The van der Waals surface area contributed by atoms with Gasteiger partial charge in [0.05, 0.1) is 29.0 Å². The monoisotopic (exact) mass is 536 g/mol. The smallest absolute Gasteiger partial charge is 0.200 e. The summed E-state index contributed by atoms with van der Waals surface area (Å²) in [5.41, 5.74) is 1.10. The molecule has 9 nitrogen and oxygen atoms in total. The second-order valence-corrected chi connectivity index (χ2v) is 9.12. The molecular formula is C31H20O9. The summed E-state index contributed by atoms with van der Waals surface area (Å²) in [6.07, 6.45) is 2.51. The Hall–Kier alpha value is -5.70. The molecule has 40 heavy (non-hydrogen) atoms. The van der Waals surface area contributed by atoms with Crippen molar-refractivity contribution in [1.29, 1.82) is 0 Å². The van der Waals surface area contributed by atoms with Gasteiger partial charge in [-0.1, -0.05) is 12.1 Å². The summed E-state index contributed by atoms with van der Waals surface area (Å²) < 4.78 is 16.3. The van der Waals surface area contributed by atoms with Gasteiger partial charge in [-0.15, -0.1) is 0 Å². The van der Waals surface area contributed by atoms with Crippen molar-refractivity contribution in [3.8, 4) is 62.1 Å². The van der Waals surface area contributed by atoms with E-state index in [0.717, 1.165) is 0 Å². The number of aromatic hydroxyl groups is 4. The number of rotatable bonds is 4. The number of hydrogen-bond donors (Lipinski definition) is 4. The first kappa shape index (κ1) is 24.6. The topological polar surface area (TPSA) is 151 Å². The molecule has 0 aliphatic rings. The second-order valence-electron chi connectivity index (χ2n) is 9.12. The lowest BCUT2D eigenvalue weighted by atomic mass is 9.96. The first-order valence-electron chi connectivity index (χ1n) is 12.0. The van der Waals surface area contributed by atoms with Crippen LogP contribution in [0.4, 0.5) is 0 Å². The highest BCUT2D eigenvalue weighted by Gasteiger charge is 2.18. The molecule has 0 aliphatic heterocycles. The molecule has 0 unspecified atom stereocenters. The average Bonchev–Trinajstić information content (AvgIpc) is 2.94. The summed E-state index contributed by atoms with van der Waals surface area (Å²) in [6.45, 7) is 0. The van der Waals surface area contributed by atoms with Crippen molar-refractivity contribution in [3.05, 3.63) is 99.7 Å². The summed E-state index contributed by atoms with van der Waals surface area (Å²) in [7, 11) is 1.39. The molecule has 6 aromatic rings. The fourth-order valence-electron chi connectivity index (χ4n) is 4.66. The predicted octanol–water partition coefficient (Wildman–Crippen LogP) is 5.73. The van der Waals surface area contributed by atoms with Gasteiger partial charge in [0, 0.05) is 23.3 Å². The third-order valence-corrected chi connectivity index (χ3v) is 6.74. The lowest BCUT2D eigenvalue weighted by Gasteiger charge is -2.12. The zero-order chi connectivity index (χ0) is 28.1. The number of phenols is 4. The third kappa shape index (κ3) is 3.97. The molecule has 2 heterocycles. The molecular weight excluding hydrogens is 516 g/mol. The molecule has 6 rings (SSSR count). The maximum Gasteiger partial charge on any atom is 0.200 e. The molecule has 9 heteroatoms. The summed E-state index contributed by atoms with van der Waals surface area (Å²) in [5.74, 6) is -0.405. The molecule has 0 atom stereocenters. The van der Waals surface area contributed by atoms with Crippen molar-refractivity contribution in [2.75, 3.05) is 7.11 Å². The predicted molar refractivity (Wildman–Crippen MR) is 148 cm³/mol. The van der Waals surface area contributed by atoms with E-state index in [1.165, 1.54) is 80.3 Å². The van der Waals surface area contributed by atoms with Crippen molar-refractivity contribution in [1.82, 2.24) is 0 Å². The van der Waals surface area contributed by atoms with E-state index in [2.05, 4.69) is 0 Å². The Morgan fingerprint density at radius 3 is 1.88 bits per heavy atom. The minimum atomic E-state index is -0.413. The van der Waals surface area contributed by atoms with E-state index in [0.29, 0.717) is 11.1 Å². The maximum absolute atomic E-state index is 13.5. The molecule has 0 aliphatic carbocycles. The highest BCUT2D eigenvalue weighted by Crippen LogP contribution is 2.40. The van der Waals surface area contributed by atoms with Gasteiger partial charge in [-0.05, 0) is 53.6 Å². The van der Waals surface area contributed by atoms with E-state index >= 15 is 0 Å². The van der Waals surface area contributed by atoms with Gasteiger partial charge in [-0.2, -0.15) is 0 Å². The highest BCUT2D eigenvalue weighted by atomic mass is 16.5.